The first-order chi connectivity index (χ1) is 8.09. The van der Waals surface area contributed by atoms with Gasteiger partial charge in [-0.25, -0.2) is 4.98 Å². The van der Waals surface area contributed by atoms with E-state index in [-0.39, 0.29) is 5.91 Å². The molecule has 1 aromatic heterocycles. The van der Waals surface area contributed by atoms with Crippen LogP contribution in [0.25, 0.3) is 0 Å². The van der Waals surface area contributed by atoms with Gasteiger partial charge in [-0.2, -0.15) is 0 Å². The minimum absolute atomic E-state index is 0.0156. The maximum Gasteiger partial charge on any atom is 0.273 e. The summed E-state index contributed by atoms with van der Waals surface area (Å²) in [6.07, 6.45) is 2.68. The summed E-state index contributed by atoms with van der Waals surface area (Å²) in [5, 5.41) is 0. The van der Waals surface area contributed by atoms with Crippen LogP contribution in [0.5, 0.6) is 0 Å². The summed E-state index contributed by atoms with van der Waals surface area (Å²) in [5.41, 5.74) is 0.506. The van der Waals surface area contributed by atoms with Gasteiger partial charge in [-0.3, -0.25) is 4.79 Å². The van der Waals surface area contributed by atoms with Gasteiger partial charge in [0.1, 0.15) is 5.69 Å². The number of carbonyl (C=O) groups excluding carboxylic acids is 1. The molecule has 0 spiro atoms. The van der Waals surface area contributed by atoms with Crippen molar-refractivity contribution in [3.05, 3.63) is 28.5 Å². The standard InChI is InChI=1S/C12H16BrN3O/c1-15(2)9-5-7-16(8-9)12(17)11-10(13)4-3-6-14-11/h3-4,6,9H,5,7-8H2,1-2H3. The minimum Gasteiger partial charge on any atom is -0.336 e. The molecule has 1 atom stereocenters. The molecule has 0 bridgehead atoms. The Morgan fingerprint density at radius 3 is 2.94 bits per heavy atom. The number of nitrogens with zero attached hydrogens (tertiary/aromatic N) is 3. The van der Waals surface area contributed by atoms with Gasteiger partial charge in [0.15, 0.2) is 0 Å². The molecule has 1 saturated heterocycles. The number of pyridine rings is 1. The predicted molar refractivity (Wildman–Crippen MR) is 69.9 cm³/mol. The van der Waals surface area contributed by atoms with Crippen molar-refractivity contribution in [3.8, 4) is 0 Å². The summed E-state index contributed by atoms with van der Waals surface area (Å²) < 4.78 is 0.762. The van der Waals surface area contributed by atoms with E-state index in [4.69, 9.17) is 0 Å². The minimum atomic E-state index is 0.0156. The van der Waals surface area contributed by atoms with Gasteiger partial charge >= 0.3 is 0 Å². The van der Waals surface area contributed by atoms with Crippen molar-refractivity contribution in [1.29, 1.82) is 0 Å². The van der Waals surface area contributed by atoms with Crippen molar-refractivity contribution >= 4 is 21.8 Å². The third kappa shape index (κ3) is 2.66. The van der Waals surface area contributed by atoms with E-state index in [1.54, 1.807) is 6.20 Å². The molecule has 1 unspecified atom stereocenters. The molecular formula is C12H16BrN3O. The van der Waals surface area contributed by atoms with Gasteiger partial charge in [-0.05, 0) is 48.6 Å². The lowest BCUT2D eigenvalue weighted by Crippen LogP contribution is -2.34. The molecule has 2 heterocycles. The number of likely N-dealkylation sites (N-methyl/N-ethyl adjacent to an activating group) is 1. The lowest BCUT2D eigenvalue weighted by molar-refractivity contribution is 0.0776. The predicted octanol–water partition coefficient (Wildman–Crippen LogP) is 1.62. The number of hydrogen-bond donors (Lipinski definition) is 0. The van der Waals surface area contributed by atoms with Crippen molar-refractivity contribution in [1.82, 2.24) is 14.8 Å². The van der Waals surface area contributed by atoms with E-state index in [2.05, 4.69) is 39.9 Å². The molecule has 92 valence electrons. The molecule has 1 aliphatic rings. The Labute approximate surface area is 110 Å². The third-order valence-electron chi connectivity index (χ3n) is 3.14. The summed E-state index contributed by atoms with van der Waals surface area (Å²) in [5.74, 6) is 0.0156. The zero-order valence-electron chi connectivity index (χ0n) is 10.1. The topological polar surface area (TPSA) is 36.4 Å². The maximum absolute atomic E-state index is 12.3. The van der Waals surface area contributed by atoms with Crippen LogP contribution in [0, 0.1) is 0 Å². The zero-order valence-corrected chi connectivity index (χ0v) is 11.6. The van der Waals surface area contributed by atoms with E-state index in [9.17, 15) is 4.79 Å². The van der Waals surface area contributed by atoms with Crippen LogP contribution in [0.1, 0.15) is 16.9 Å². The summed E-state index contributed by atoms with van der Waals surface area (Å²) in [7, 11) is 4.10. The molecule has 0 radical (unpaired) electrons. The van der Waals surface area contributed by atoms with E-state index in [1.165, 1.54) is 0 Å². The van der Waals surface area contributed by atoms with Gasteiger partial charge < -0.3 is 9.80 Å². The molecule has 1 fully saturated rings. The Morgan fingerprint density at radius 1 is 1.59 bits per heavy atom. The second-order valence-corrected chi connectivity index (χ2v) is 5.35. The maximum atomic E-state index is 12.3. The van der Waals surface area contributed by atoms with E-state index in [1.807, 2.05) is 17.0 Å². The van der Waals surface area contributed by atoms with Crippen molar-refractivity contribution in [2.45, 2.75) is 12.5 Å². The molecule has 1 amide bonds. The monoisotopic (exact) mass is 297 g/mol. The summed E-state index contributed by atoms with van der Waals surface area (Å²) in [4.78, 5) is 20.4. The second-order valence-electron chi connectivity index (χ2n) is 4.49. The first kappa shape index (κ1) is 12.5. The average Bonchev–Trinajstić information content (AvgIpc) is 2.78. The number of likely N-dealkylation sites (tertiary alicyclic amines) is 1. The molecule has 0 N–H and O–H groups in total. The molecule has 4 nitrogen and oxygen atoms in total. The highest BCUT2D eigenvalue weighted by Gasteiger charge is 2.29. The SMILES string of the molecule is CN(C)C1CCN(C(=O)c2ncccc2Br)C1. The van der Waals surface area contributed by atoms with Gasteiger partial charge in [0.05, 0.1) is 0 Å². The van der Waals surface area contributed by atoms with Crippen LogP contribution in [0.15, 0.2) is 22.8 Å². The molecule has 0 aromatic carbocycles. The Morgan fingerprint density at radius 2 is 2.35 bits per heavy atom. The van der Waals surface area contributed by atoms with Crippen LogP contribution in [0.3, 0.4) is 0 Å². The highest BCUT2D eigenvalue weighted by Crippen LogP contribution is 2.19. The summed E-state index contributed by atoms with van der Waals surface area (Å²) >= 11 is 3.37. The van der Waals surface area contributed by atoms with Gasteiger partial charge in [-0.15, -0.1) is 0 Å². The lowest BCUT2D eigenvalue weighted by atomic mass is 10.2. The number of hydrogen-bond acceptors (Lipinski definition) is 3. The first-order valence-corrected chi connectivity index (χ1v) is 6.45. The van der Waals surface area contributed by atoms with Crippen LogP contribution < -0.4 is 0 Å². The lowest BCUT2D eigenvalue weighted by Gasteiger charge is -2.20. The number of aromatic nitrogens is 1. The Kier molecular flexibility index (Phi) is 3.79. The average molecular weight is 298 g/mol. The van der Waals surface area contributed by atoms with Crippen LogP contribution in [0.4, 0.5) is 0 Å². The normalized spacial score (nSPS) is 20.0. The quantitative estimate of drug-likeness (QED) is 0.832. The summed E-state index contributed by atoms with van der Waals surface area (Å²) in [6.45, 7) is 1.60. The Hall–Kier alpha value is -0.940. The van der Waals surface area contributed by atoms with E-state index in [0.29, 0.717) is 11.7 Å². The van der Waals surface area contributed by atoms with Gasteiger partial charge in [0.2, 0.25) is 0 Å². The van der Waals surface area contributed by atoms with Crippen LogP contribution in [-0.4, -0.2) is 53.9 Å². The number of carbonyl (C=O) groups is 1. The molecule has 0 aliphatic carbocycles. The van der Waals surface area contributed by atoms with Crippen molar-refractivity contribution < 1.29 is 4.79 Å². The largest absolute Gasteiger partial charge is 0.336 e. The molecule has 17 heavy (non-hydrogen) atoms. The fourth-order valence-corrected chi connectivity index (χ4v) is 2.47. The van der Waals surface area contributed by atoms with E-state index in [0.717, 1.165) is 24.0 Å². The first-order valence-electron chi connectivity index (χ1n) is 5.66. The van der Waals surface area contributed by atoms with Crippen molar-refractivity contribution in [2.75, 3.05) is 27.2 Å². The van der Waals surface area contributed by atoms with Crippen molar-refractivity contribution in [3.63, 3.8) is 0 Å². The van der Waals surface area contributed by atoms with Gasteiger partial charge in [0.25, 0.3) is 5.91 Å². The van der Waals surface area contributed by atoms with E-state index >= 15 is 0 Å². The second kappa shape index (κ2) is 5.14. The third-order valence-corrected chi connectivity index (χ3v) is 3.78. The van der Waals surface area contributed by atoms with Crippen molar-refractivity contribution in [2.24, 2.45) is 0 Å². The molecule has 1 aliphatic heterocycles. The molecule has 5 heteroatoms. The van der Waals surface area contributed by atoms with Crippen LogP contribution >= 0.6 is 15.9 Å². The van der Waals surface area contributed by atoms with Crippen LogP contribution in [-0.2, 0) is 0 Å². The highest BCUT2D eigenvalue weighted by atomic mass is 79.9. The zero-order chi connectivity index (χ0) is 12.4. The number of halogens is 1. The van der Waals surface area contributed by atoms with Gasteiger partial charge in [-0.1, -0.05) is 0 Å². The molecule has 2 rings (SSSR count). The van der Waals surface area contributed by atoms with E-state index < -0.39 is 0 Å². The smallest absolute Gasteiger partial charge is 0.273 e. The van der Waals surface area contributed by atoms with Gasteiger partial charge in [0, 0.05) is 29.8 Å². The highest BCUT2D eigenvalue weighted by molar-refractivity contribution is 9.10. The molecular weight excluding hydrogens is 282 g/mol. The molecule has 0 saturated carbocycles. The summed E-state index contributed by atoms with van der Waals surface area (Å²) in [6, 6.07) is 4.12. The Balaban J connectivity index is 2.10. The number of amides is 1. The number of rotatable bonds is 2. The van der Waals surface area contributed by atoms with Crippen LogP contribution in [0.2, 0.25) is 0 Å². The fourth-order valence-electron chi connectivity index (χ4n) is 2.04. The molecule has 1 aromatic rings. The Bertz CT molecular complexity index is 422. The fraction of sp³-hybridized carbons (Fsp3) is 0.500.